The molecule has 3 saturated carbocycles. The third kappa shape index (κ3) is 0.620. The molecule has 6 atom stereocenters. The lowest BCUT2D eigenvalue weighted by Crippen LogP contribution is -2.41. The highest BCUT2D eigenvalue weighted by Gasteiger charge is 2.72. The van der Waals surface area contributed by atoms with Crippen LogP contribution >= 0.6 is 0 Å². The molecule has 5 aliphatic rings. The van der Waals surface area contributed by atoms with E-state index in [2.05, 4.69) is 6.08 Å². The summed E-state index contributed by atoms with van der Waals surface area (Å²) >= 11 is 0. The Hall–Kier alpha value is -0.990. The Morgan fingerprint density at radius 2 is 2.25 bits per heavy atom. The van der Waals surface area contributed by atoms with Crippen molar-refractivity contribution >= 4 is 6.16 Å². The first-order valence-electron chi connectivity index (χ1n) is 6.38. The van der Waals surface area contributed by atoms with Crippen molar-refractivity contribution in [2.45, 2.75) is 37.9 Å². The minimum Gasteiger partial charge on any atom is -0.426 e. The van der Waals surface area contributed by atoms with Crippen LogP contribution in [0.25, 0.3) is 0 Å². The van der Waals surface area contributed by atoms with Gasteiger partial charge < -0.3 is 9.47 Å². The van der Waals surface area contributed by atoms with Crippen LogP contribution in [-0.2, 0) is 9.47 Å². The molecule has 0 aromatic rings. The van der Waals surface area contributed by atoms with Gasteiger partial charge in [-0.25, -0.2) is 4.79 Å². The van der Waals surface area contributed by atoms with Crippen LogP contribution in [0.2, 0.25) is 0 Å². The maximum atomic E-state index is 11.3. The van der Waals surface area contributed by atoms with Gasteiger partial charge in [-0.3, -0.25) is 0 Å². The van der Waals surface area contributed by atoms with Crippen LogP contribution in [0.5, 0.6) is 0 Å². The zero-order chi connectivity index (χ0) is 10.5. The highest BCUT2D eigenvalue weighted by molar-refractivity contribution is 5.64. The zero-order valence-corrected chi connectivity index (χ0v) is 9.02. The predicted molar refractivity (Wildman–Crippen MR) is 54.6 cm³/mol. The summed E-state index contributed by atoms with van der Waals surface area (Å²) in [5.74, 6) is 2.02. The molecule has 0 aromatic carbocycles. The lowest BCUT2D eigenvalue weighted by molar-refractivity contribution is 0.0419. The molecule has 3 nitrogen and oxygen atoms in total. The molecule has 3 heteroatoms. The fraction of sp³-hybridized carbons (Fsp3) is 0.769. The number of carbonyl (C=O) groups is 1. The number of hydrogen-bond acceptors (Lipinski definition) is 3. The molecule has 1 heterocycles. The van der Waals surface area contributed by atoms with Crippen molar-refractivity contribution in [3.05, 3.63) is 11.6 Å². The van der Waals surface area contributed by atoms with Crippen LogP contribution in [0.3, 0.4) is 0 Å². The molecule has 0 aromatic heterocycles. The van der Waals surface area contributed by atoms with Crippen LogP contribution in [-0.4, -0.2) is 18.4 Å². The van der Waals surface area contributed by atoms with E-state index in [0.29, 0.717) is 5.92 Å². The topological polar surface area (TPSA) is 35.5 Å². The number of rotatable bonds is 0. The fourth-order valence-electron chi connectivity index (χ4n) is 5.41. The second-order valence-corrected chi connectivity index (χ2v) is 6.11. The van der Waals surface area contributed by atoms with E-state index in [1.54, 1.807) is 5.57 Å². The molecule has 6 unspecified atom stereocenters. The molecule has 0 amide bonds. The maximum absolute atomic E-state index is 11.3. The average Bonchev–Trinajstić information content (AvgIpc) is 2.97. The molecule has 0 N–H and O–H groups in total. The van der Waals surface area contributed by atoms with E-state index in [9.17, 15) is 4.79 Å². The predicted octanol–water partition coefficient (Wildman–Crippen LogP) is 2.27. The number of hydrogen-bond donors (Lipinski definition) is 0. The highest BCUT2D eigenvalue weighted by atomic mass is 16.8. The zero-order valence-electron chi connectivity index (χ0n) is 9.02. The highest BCUT2D eigenvalue weighted by Crippen LogP contribution is 2.72. The van der Waals surface area contributed by atoms with Crippen LogP contribution in [0.4, 0.5) is 4.79 Å². The summed E-state index contributed by atoms with van der Waals surface area (Å²) in [6, 6.07) is 0. The monoisotopic (exact) mass is 218 g/mol. The van der Waals surface area contributed by atoms with Gasteiger partial charge >= 0.3 is 6.16 Å². The summed E-state index contributed by atoms with van der Waals surface area (Å²) in [5.41, 5.74) is 1.85. The van der Waals surface area contributed by atoms with E-state index in [-0.39, 0.29) is 17.6 Å². The van der Waals surface area contributed by atoms with Gasteiger partial charge in [0.15, 0.2) is 6.10 Å². The average molecular weight is 218 g/mol. The van der Waals surface area contributed by atoms with Crippen molar-refractivity contribution in [1.82, 2.24) is 0 Å². The van der Waals surface area contributed by atoms with Crippen LogP contribution in [0, 0.1) is 23.2 Å². The van der Waals surface area contributed by atoms with Crippen molar-refractivity contribution in [2.24, 2.45) is 23.2 Å². The van der Waals surface area contributed by atoms with Crippen molar-refractivity contribution in [2.75, 3.05) is 0 Å². The normalized spacial score (nSPS) is 59.4. The third-order valence-corrected chi connectivity index (χ3v) is 5.79. The van der Waals surface area contributed by atoms with Gasteiger partial charge in [-0.2, -0.15) is 0 Å². The third-order valence-electron chi connectivity index (χ3n) is 5.79. The summed E-state index contributed by atoms with van der Waals surface area (Å²) in [6.07, 6.45) is 7.29. The minimum atomic E-state index is -0.434. The molecule has 4 aliphatic carbocycles. The number of fused-ring (bicyclic) bond motifs is 6. The molecule has 84 valence electrons. The van der Waals surface area contributed by atoms with Crippen molar-refractivity contribution in [3.8, 4) is 0 Å². The van der Waals surface area contributed by atoms with E-state index in [1.165, 1.54) is 25.7 Å². The van der Waals surface area contributed by atoms with Crippen molar-refractivity contribution < 1.29 is 14.3 Å². The van der Waals surface area contributed by atoms with Gasteiger partial charge in [0.1, 0.15) is 6.10 Å². The van der Waals surface area contributed by atoms with E-state index >= 15 is 0 Å². The lowest BCUT2D eigenvalue weighted by Gasteiger charge is -2.38. The molecule has 1 saturated heterocycles. The molecule has 5 rings (SSSR count). The standard InChI is InChI=1S/C13H14O3/c14-12-15-10-7-4-9-6-1-2-8(3-6)13(9,5-7)11(10)16-12/h4,6-8,10-11H,1-3,5H2. The fourth-order valence-corrected chi connectivity index (χ4v) is 5.41. The van der Waals surface area contributed by atoms with E-state index < -0.39 is 6.16 Å². The first-order valence-corrected chi connectivity index (χ1v) is 6.38. The Bertz CT molecular complexity index is 440. The van der Waals surface area contributed by atoms with E-state index in [4.69, 9.17) is 9.47 Å². The van der Waals surface area contributed by atoms with Crippen LogP contribution in [0.15, 0.2) is 11.6 Å². The van der Waals surface area contributed by atoms with Gasteiger partial charge in [-0.1, -0.05) is 11.6 Å². The number of carbonyl (C=O) groups excluding carboxylic acids is 1. The molecule has 1 aliphatic heterocycles. The molecule has 16 heavy (non-hydrogen) atoms. The first kappa shape index (κ1) is 8.15. The maximum Gasteiger partial charge on any atom is 0.509 e. The van der Waals surface area contributed by atoms with Crippen LogP contribution < -0.4 is 0 Å². The second kappa shape index (κ2) is 2.18. The van der Waals surface area contributed by atoms with Gasteiger partial charge in [0.25, 0.3) is 0 Å². The van der Waals surface area contributed by atoms with Gasteiger partial charge in [0.2, 0.25) is 0 Å². The first-order chi connectivity index (χ1) is 7.79. The summed E-state index contributed by atoms with van der Waals surface area (Å²) < 4.78 is 10.8. The Labute approximate surface area is 93.8 Å². The Morgan fingerprint density at radius 3 is 3.19 bits per heavy atom. The Balaban J connectivity index is 1.70. The van der Waals surface area contributed by atoms with Crippen molar-refractivity contribution in [3.63, 3.8) is 0 Å². The van der Waals surface area contributed by atoms with Gasteiger partial charge in [-0.15, -0.1) is 0 Å². The smallest absolute Gasteiger partial charge is 0.426 e. The Kier molecular flexibility index (Phi) is 1.11. The molecular weight excluding hydrogens is 204 g/mol. The second-order valence-electron chi connectivity index (χ2n) is 6.11. The van der Waals surface area contributed by atoms with Gasteiger partial charge in [0.05, 0.1) is 0 Å². The molecular formula is C13H14O3. The van der Waals surface area contributed by atoms with Gasteiger partial charge in [-0.05, 0) is 37.5 Å². The molecule has 4 bridgehead atoms. The number of ether oxygens (including phenoxy) is 2. The molecule has 1 spiro atoms. The Morgan fingerprint density at radius 1 is 1.31 bits per heavy atom. The minimum absolute atomic E-state index is 0.0376. The summed E-state index contributed by atoms with van der Waals surface area (Å²) in [4.78, 5) is 11.3. The summed E-state index contributed by atoms with van der Waals surface area (Å²) in [7, 11) is 0. The molecule has 4 fully saturated rings. The van der Waals surface area contributed by atoms with E-state index in [1.807, 2.05) is 0 Å². The van der Waals surface area contributed by atoms with Gasteiger partial charge in [0, 0.05) is 11.3 Å². The SMILES string of the molecule is O=C1OC2C3C=C4C5CCC(C5)C4(C3)C2O1. The largest absolute Gasteiger partial charge is 0.509 e. The molecule has 0 radical (unpaired) electrons. The lowest BCUT2D eigenvalue weighted by atomic mass is 9.68. The van der Waals surface area contributed by atoms with Crippen LogP contribution in [0.1, 0.15) is 25.7 Å². The van der Waals surface area contributed by atoms with E-state index in [0.717, 1.165) is 11.8 Å². The summed E-state index contributed by atoms with van der Waals surface area (Å²) in [6.45, 7) is 0. The quantitative estimate of drug-likeness (QED) is 0.462. The van der Waals surface area contributed by atoms with Crippen molar-refractivity contribution in [1.29, 1.82) is 0 Å². The summed E-state index contributed by atoms with van der Waals surface area (Å²) in [5, 5.41) is 0.